The van der Waals surface area contributed by atoms with Crippen molar-refractivity contribution in [3.63, 3.8) is 0 Å². The van der Waals surface area contributed by atoms with Crippen molar-refractivity contribution in [1.82, 2.24) is 24.0 Å². The first kappa shape index (κ1) is 21.8. The fourth-order valence-electron chi connectivity index (χ4n) is 4.20. The first-order chi connectivity index (χ1) is 14.6. The number of fused-ring (bicyclic) bond motifs is 1. The number of hydrogen-bond acceptors (Lipinski definition) is 5. The van der Waals surface area contributed by atoms with E-state index >= 15 is 0 Å². The van der Waals surface area contributed by atoms with Gasteiger partial charge in [-0.15, -0.1) is 10.2 Å². The van der Waals surface area contributed by atoms with E-state index in [4.69, 9.17) is 0 Å². The summed E-state index contributed by atoms with van der Waals surface area (Å²) in [6.07, 6.45) is -2.17. The number of hydrogen-bond donors (Lipinski definition) is 0. The first-order valence-corrected chi connectivity index (χ1v) is 11.7. The normalized spacial score (nSPS) is 18.8. The van der Waals surface area contributed by atoms with Crippen LogP contribution in [0, 0.1) is 0 Å². The molecule has 12 heteroatoms. The van der Waals surface area contributed by atoms with Gasteiger partial charge in [-0.3, -0.25) is 9.36 Å². The molecule has 0 atom stereocenters. The SMILES string of the molecule is CS(=O)(=O)N1CCc2nnc(C(=O)N3CCC(c4ccccc4C(F)(F)F)CC3)n2C1. The fourth-order valence-corrected chi connectivity index (χ4v) is 4.95. The number of carbonyl (C=O) groups excluding carboxylic acids is 1. The fraction of sp³-hybridized carbons (Fsp3) is 0.526. The van der Waals surface area contributed by atoms with Crippen molar-refractivity contribution in [2.45, 2.75) is 38.0 Å². The van der Waals surface area contributed by atoms with E-state index in [9.17, 15) is 26.4 Å². The third-order valence-corrected chi connectivity index (χ3v) is 7.10. The minimum Gasteiger partial charge on any atom is -0.336 e. The highest BCUT2D eigenvalue weighted by Crippen LogP contribution is 2.38. The summed E-state index contributed by atoms with van der Waals surface area (Å²) in [7, 11) is -3.43. The lowest BCUT2D eigenvalue weighted by molar-refractivity contribution is -0.138. The average molecular weight is 457 g/mol. The Kier molecular flexibility index (Phi) is 5.54. The maximum atomic E-state index is 13.3. The van der Waals surface area contributed by atoms with Gasteiger partial charge in [0.2, 0.25) is 15.8 Å². The number of piperidine rings is 1. The number of halogens is 3. The second-order valence-electron chi connectivity index (χ2n) is 7.85. The van der Waals surface area contributed by atoms with E-state index in [0.29, 0.717) is 25.1 Å². The Balaban J connectivity index is 1.48. The number of carbonyl (C=O) groups is 1. The number of alkyl halides is 3. The molecule has 0 unspecified atom stereocenters. The van der Waals surface area contributed by atoms with Gasteiger partial charge in [-0.05, 0) is 30.4 Å². The van der Waals surface area contributed by atoms with Crippen LogP contribution < -0.4 is 0 Å². The van der Waals surface area contributed by atoms with Gasteiger partial charge in [0, 0.05) is 26.1 Å². The number of sulfonamides is 1. The molecule has 0 radical (unpaired) electrons. The molecule has 0 bridgehead atoms. The topological polar surface area (TPSA) is 88.4 Å². The molecule has 2 aromatic rings. The van der Waals surface area contributed by atoms with Crippen LogP contribution in [0.4, 0.5) is 13.2 Å². The molecule has 1 amide bonds. The maximum Gasteiger partial charge on any atom is 0.416 e. The second kappa shape index (κ2) is 7.90. The molecule has 1 aromatic heterocycles. The number of nitrogens with zero attached hydrogens (tertiary/aromatic N) is 5. The molecule has 4 rings (SSSR count). The monoisotopic (exact) mass is 457 g/mol. The van der Waals surface area contributed by atoms with Gasteiger partial charge in [0.05, 0.1) is 18.5 Å². The largest absolute Gasteiger partial charge is 0.416 e. The quantitative estimate of drug-likeness (QED) is 0.704. The number of aromatic nitrogens is 3. The molecule has 0 spiro atoms. The summed E-state index contributed by atoms with van der Waals surface area (Å²) in [6, 6.07) is 5.56. The molecule has 1 fully saturated rings. The van der Waals surface area contributed by atoms with Crippen LogP contribution in [-0.2, 0) is 29.3 Å². The zero-order valence-electron chi connectivity index (χ0n) is 16.8. The third-order valence-electron chi connectivity index (χ3n) is 5.86. The number of rotatable bonds is 3. The van der Waals surface area contributed by atoms with E-state index in [2.05, 4.69) is 10.2 Å². The Morgan fingerprint density at radius 1 is 1.10 bits per heavy atom. The van der Waals surface area contributed by atoms with Gasteiger partial charge in [-0.2, -0.15) is 17.5 Å². The van der Waals surface area contributed by atoms with Gasteiger partial charge in [0.25, 0.3) is 5.91 Å². The highest BCUT2D eigenvalue weighted by molar-refractivity contribution is 7.88. The summed E-state index contributed by atoms with van der Waals surface area (Å²) in [5.74, 6) is -0.0960. The van der Waals surface area contributed by atoms with Crippen LogP contribution >= 0.6 is 0 Å². The molecule has 1 aromatic carbocycles. The molecular formula is C19H22F3N5O3S. The second-order valence-corrected chi connectivity index (χ2v) is 9.83. The minimum absolute atomic E-state index is 0.0301. The van der Waals surface area contributed by atoms with Gasteiger partial charge in [0.1, 0.15) is 5.82 Å². The van der Waals surface area contributed by atoms with E-state index in [1.807, 2.05) is 0 Å². The van der Waals surface area contributed by atoms with Gasteiger partial charge in [-0.25, -0.2) is 8.42 Å². The Labute approximate surface area is 177 Å². The molecule has 31 heavy (non-hydrogen) atoms. The average Bonchev–Trinajstić information content (AvgIpc) is 3.15. The van der Waals surface area contributed by atoms with Crippen LogP contribution in [0.3, 0.4) is 0 Å². The molecule has 3 heterocycles. The lowest BCUT2D eigenvalue weighted by Crippen LogP contribution is -2.42. The summed E-state index contributed by atoms with van der Waals surface area (Å²) >= 11 is 0. The summed E-state index contributed by atoms with van der Waals surface area (Å²) in [5, 5.41) is 7.97. The summed E-state index contributed by atoms with van der Waals surface area (Å²) in [4.78, 5) is 14.6. The van der Waals surface area contributed by atoms with Gasteiger partial charge in [0.15, 0.2) is 0 Å². The number of amides is 1. The molecule has 2 aliphatic rings. The van der Waals surface area contributed by atoms with Crippen LogP contribution in [0.15, 0.2) is 24.3 Å². The zero-order valence-corrected chi connectivity index (χ0v) is 17.7. The molecular weight excluding hydrogens is 435 g/mol. The summed E-state index contributed by atoms with van der Waals surface area (Å²) in [5.41, 5.74) is -0.377. The first-order valence-electron chi connectivity index (χ1n) is 9.88. The van der Waals surface area contributed by atoms with Crippen LogP contribution in [-0.4, -0.2) is 64.2 Å². The van der Waals surface area contributed by atoms with Crippen molar-refractivity contribution in [3.8, 4) is 0 Å². The van der Waals surface area contributed by atoms with E-state index in [-0.39, 0.29) is 43.6 Å². The van der Waals surface area contributed by atoms with Crippen molar-refractivity contribution >= 4 is 15.9 Å². The highest BCUT2D eigenvalue weighted by atomic mass is 32.2. The number of likely N-dealkylation sites (tertiary alicyclic amines) is 1. The Morgan fingerprint density at radius 3 is 2.42 bits per heavy atom. The lowest BCUT2D eigenvalue weighted by Gasteiger charge is -2.33. The third kappa shape index (κ3) is 4.31. The summed E-state index contributed by atoms with van der Waals surface area (Å²) < 4.78 is 66.5. The molecule has 168 valence electrons. The van der Waals surface area contributed by atoms with Crippen LogP contribution in [0.2, 0.25) is 0 Å². The Morgan fingerprint density at radius 2 is 1.77 bits per heavy atom. The van der Waals surface area contributed by atoms with E-state index < -0.39 is 27.7 Å². The minimum atomic E-state index is -4.42. The van der Waals surface area contributed by atoms with E-state index in [1.54, 1.807) is 11.0 Å². The highest BCUT2D eigenvalue weighted by Gasteiger charge is 2.37. The zero-order chi connectivity index (χ0) is 22.4. The van der Waals surface area contributed by atoms with Gasteiger partial charge in [-0.1, -0.05) is 18.2 Å². The number of benzene rings is 1. The van der Waals surface area contributed by atoms with Gasteiger partial charge >= 0.3 is 6.18 Å². The van der Waals surface area contributed by atoms with Crippen molar-refractivity contribution in [1.29, 1.82) is 0 Å². The molecule has 8 nitrogen and oxygen atoms in total. The van der Waals surface area contributed by atoms with Gasteiger partial charge < -0.3 is 4.90 Å². The molecule has 0 aliphatic carbocycles. The van der Waals surface area contributed by atoms with Crippen molar-refractivity contribution < 1.29 is 26.4 Å². The predicted molar refractivity (Wildman–Crippen MR) is 105 cm³/mol. The Hall–Kier alpha value is -2.47. The van der Waals surface area contributed by atoms with Crippen molar-refractivity contribution in [2.75, 3.05) is 25.9 Å². The van der Waals surface area contributed by atoms with Crippen LogP contribution in [0.5, 0.6) is 0 Å². The summed E-state index contributed by atoms with van der Waals surface area (Å²) in [6.45, 7) is 0.814. The van der Waals surface area contributed by atoms with Crippen LogP contribution in [0.1, 0.15) is 46.3 Å². The standard InChI is InChI=1S/C19H22F3N5O3S/c1-31(29,30)26-11-8-16-23-24-17(27(16)12-26)18(28)25-9-6-13(7-10-25)14-4-2-3-5-15(14)19(20,21)22/h2-5,13H,6-12H2,1H3. The molecule has 0 saturated carbocycles. The predicted octanol–water partition coefficient (Wildman–Crippen LogP) is 2.09. The Bertz CT molecular complexity index is 1090. The van der Waals surface area contributed by atoms with Crippen molar-refractivity contribution in [3.05, 3.63) is 47.0 Å². The van der Waals surface area contributed by atoms with E-state index in [1.165, 1.54) is 21.0 Å². The maximum absolute atomic E-state index is 13.3. The smallest absolute Gasteiger partial charge is 0.336 e. The molecule has 1 saturated heterocycles. The van der Waals surface area contributed by atoms with Crippen LogP contribution in [0.25, 0.3) is 0 Å². The van der Waals surface area contributed by atoms with Crippen molar-refractivity contribution in [2.24, 2.45) is 0 Å². The molecule has 0 N–H and O–H groups in total. The van der Waals surface area contributed by atoms with E-state index in [0.717, 1.165) is 12.3 Å². The lowest BCUT2D eigenvalue weighted by atomic mass is 9.86. The molecule has 2 aliphatic heterocycles.